The molecule has 0 spiro atoms. The average molecular weight is 491 g/mol. The fourth-order valence-electron chi connectivity index (χ4n) is 5.75. The molecule has 2 aliphatic rings. The SMILES string of the molecule is CCC[C@H](C)Nc1ncc2c(-c3ccc(CN4CCNCC4)cc3)cn([C@H]3CC[C@@](C)(O)CC3)c2n1. The number of anilines is 1. The molecule has 3 N–H and O–H groups in total. The van der Waals surface area contributed by atoms with Crippen LogP contribution in [-0.2, 0) is 6.54 Å². The van der Waals surface area contributed by atoms with Crippen molar-refractivity contribution >= 4 is 17.0 Å². The number of rotatable bonds is 8. The first-order valence-electron chi connectivity index (χ1n) is 13.8. The van der Waals surface area contributed by atoms with E-state index in [1.807, 2.05) is 13.1 Å². The van der Waals surface area contributed by atoms with Crippen LogP contribution in [0.4, 0.5) is 5.95 Å². The molecule has 1 aromatic carbocycles. The smallest absolute Gasteiger partial charge is 0.224 e. The molecule has 0 bridgehead atoms. The van der Waals surface area contributed by atoms with Crippen molar-refractivity contribution in [1.82, 2.24) is 24.8 Å². The van der Waals surface area contributed by atoms with Gasteiger partial charge in [-0.25, -0.2) is 4.98 Å². The van der Waals surface area contributed by atoms with Crippen LogP contribution in [0.15, 0.2) is 36.7 Å². The number of aromatic nitrogens is 3. The number of nitrogens with zero attached hydrogens (tertiary/aromatic N) is 4. The fourth-order valence-corrected chi connectivity index (χ4v) is 5.75. The number of piperazine rings is 1. The third kappa shape index (κ3) is 5.74. The quantitative estimate of drug-likeness (QED) is 0.414. The van der Waals surface area contributed by atoms with Gasteiger partial charge in [-0.15, -0.1) is 0 Å². The lowest BCUT2D eigenvalue weighted by atomic mass is 9.83. The monoisotopic (exact) mass is 490 g/mol. The topological polar surface area (TPSA) is 78.2 Å². The summed E-state index contributed by atoms with van der Waals surface area (Å²) in [6, 6.07) is 9.70. The maximum atomic E-state index is 10.5. The third-order valence-electron chi connectivity index (χ3n) is 7.98. The van der Waals surface area contributed by atoms with Crippen molar-refractivity contribution in [2.24, 2.45) is 0 Å². The Balaban J connectivity index is 1.45. The molecular formula is C29H42N6O. The Morgan fingerprint density at radius 3 is 2.58 bits per heavy atom. The Kier molecular flexibility index (Phi) is 7.60. The molecule has 0 unspecified atom stereocenters. The number of aliphatic hydroxyl groups is 1. The van der Waals surface area contributed by atoms with Crippen molar-refractivity contribution in [2.75, 3.05) is 31.5 Å². The molecule has 1 atom stereocenters. The summed E-state index contributed by atoms with van der Waals surface area (Å²) in [5.41, 5.74) is 4.17. The van der Waals surface area contributed by atoms with Crippen LogP contribution in [0.3, 0.4) is 0 Å². The zero-order chi connectivity index (χ0) is 25.1. The van der Waals surface area contributed by atoms with Gasteiger partial charge >= 0.3 is 0 Å². The number of fused-ring (bicyclic) bond motifs is 1. The summed E-state index contributed by atoms with van der Waals surface area (Å²) in [5.74, 6) is 0.698. The van der Waals surface area contributed by atoms with Gasteiger partial charge in [-0.2, -0.15) is 4.98 Å². The van der Waals surface area contributed by atoms with E-state index >= 15 is 0 Å². The van der Waals surface area contributed by atoms with Crippen molar-refractivity contribution < 1.29 is 5.11 Å². The molecule has 1 aliphatic carbocycles. The zero-order valence-electron chi connectivity index (χ0n) is 22.1. The van der Waals surface area contributed by atoms with Gasteiger partial charge in [0.15, 0.2) is 0 Å². The molecule has 2 aromatic heterocycles. The van der Waals surface area contributed by atoms with E-state index in [0.717, 1.165) is 82.3 Å². The van der Waals surface area contributed by atoms with Crippen molar-refractivity contribution in [1.29, 1.82) is 0 Å². The second kappa shape index (κ2) is 10.9. The second-order valence-electron chi connectivity index (χ2n) is 11.2. The van der Waals surface area contributed by atoms with Crippen molar-refractivity contribution in [3.8, 4) is 11.1 Å². The minimum Gasteiger partial charge on any atom is -0.390 e. The van der Waals surface area contributed by atoms with Crippen LogP contribution in [0.25, 0.3) is 22.2 Å². The number of hydrogen-bond acceptors (Lipinski definition) is 6. The third-order valence-corrected chi connectivity index (χ3v) is 7.98. The molecule has 3 heterocycles. The predicted molar refractivity (Wildman–Crippen MR) is 147 cm³/mol. The lowest BCUT2D eigenvalue weighted by molar-refractivity contribution is 0.0104. The summed E-state index contributed by atoms with van der Waals surface area (Å²) in [7, 11) is 0. The normalized spacial score (nSPS) is 24.2. The highest BCUT2D eigenvalue weighted by Crippen LogP contribution is 2.39. The molecule has 5 rings (SSSR count). The number of nitrogens with one attached hydrogen (secondary N) is 2. The summed E-state index contributed by atoms with van der Waals surface area (Å²) in [4.78, 5) is 12.2. The van der Waals surface area contributed by atoms with E-state index in [1.165, 1.54) is 16.7 Å². The van der Waals surface area contributed by atoms with Crippen molar-refractivity contribution in [2.45, 2.75) is 83.5 Å². The Morgan fingerprint density at radius 1 is 1.17 bits per heavy atom. The molecule has 36 heavy (non-hydrogen) atoms. The van der Waals surface area contributed by atoms with Gasteiger partial charge in [-0.3, -0.25) is 4.90 Å². The molecule has 2 fully saturated rings. The van der Waals surface area contributed by atoms with Gasteiger partial charge in [0.25, 0.3) is 0 Å². The number of benzene rings is 1. The Bertz CT molecular complexity index is 1140. The molecule has 1 aliphatic heterocycles. The summed E-state index contributed by atoms with van der Waals surface area (Å²) in [6.07, 6.45) is 10.0. The molecule has 194 valence electrons. The minimum absolute atomic E-state index is 0.336. The Morgan fingerprint density at radius 2 is 1.89 bits per heavy atom. The maximum Gasteiger partial charge on any atom is 0.224 e. The molecule has 1 saturated carbocycles. The van der Waals surface area contributed by atoms with Crippen molar-refractivity contribution in [3.63, 3.8) is 0 Å². The van der Waals surface area contributed by atoms with Gasteiger partial charge in [-0.05, 0) is 57.1 Å². The Labute approximate surface area is 215 Å². The largest absolute Gasteiger partial charge is 0.390 e. The van der Waals surface area contributed by atoms with Crippen LogP contribution in [0.2, 0.25) is 0 Å². The Hall–Kier alpha value is -2.48. The molecule has 1 saturated heterocycles. The van der Waals surface area contributed by atoms with E-state index in [-0.39, 0.29) is 0 Å². The van der Waals surface area contributed by atoms with Crippen molar-refractivity contribution in [3.05, 3.63) is 42.2 Å². The standard InChI is InChI=1S/C29H42N6O/c1-4-5-21(2)32-28-31-18-25-26(20-35(27(25)33-28)24-10-12-29(3,36)13-11-24)23-8-6-22(7-9-23)19-34-16-14-30-15-17-34/h6-9,18,20-21,24,30,36H,4-5,10-17,19H2,1-3H3,(H,31,32,33)/t21-,24-,29+/m0/s1. The molecular weight excluding hydrogens is 448 g/mol. The summed E-state index contributed by atoms with van der Waals surface area (Å²) in [5, 5.41) is 18.5. The van der Waals surface area contributed by atoms with E-state index < -0.39 is 5.60 Å². The molecule has 7 nitrogen and oxygen atoms in total. The van der Waals surface area contributed by atoms with Gasteiger partial charge in [0, 0.05) is 68.2 Å². The predicted octanol–water partition coefficient (Wildman–Crippen LogP) is 4.97. The van der Waals surface area contributed by atoms with E-state index in [1.54, 1.807) is 0 Å². The average Bonchev–Trinajstić information content (AvgIpc) is 3.24. The summed E-state index contributed by atoms with van der Waals surface area (Å²) < 4.78 is 2.35. The molecule has 7 heteroatoms. The van der Waals surface area contributed by atoms with Crippen LogP contribution in [0, 0.1) is 0 Å². The minimum atomic E-state index is -0.556. The van der Waals surface area contributed by atoms with Gasteiger partial charge in [0.2, 0.25) is 5.95 Å². The van der Waals surface area contributed by atoms with Crippen LogP contribution in [0.5, 0.6) is 0 Å². The molecule has 0 radical (unpaired) electrons. The van der Waals surface area contributed by atoms with E-state index in [2.05, 4.69) is 64.4 Å². The van der Waals surface area contributed by atoms with Crippen LogP contribution in [0.1, 0.15) is 70.9 Å². The number of hydrogen-bond donors (Lipinski definition) is 3. The van der Waals surface area contributed by atoms with Crippen LogP contribution < -0.4 is 10.6 Å². The lowest BCUT2D eigenvalue weighted by Crippen LogP contribution is -2.42. The first kappa shape index (κ1) is 25.2. The first-order chi connectivity index (χ1) is 17.4. The van der Waals surface area contributed by atoms with E-state index in [9.17, 15) is 5.11 Å². The second-order valence-corrected chi connectivity index (χ2v) is 11.2. The highest BCUT2D eigenvalue weighted by molar-refractivity contribution is 5.94. The highest BCUT2D eigenvalue weighted by Gasteiger charge is 2.31. The van der Waals surface area contributed by atoms with Gasteiger partial charge in [0.1, 0.15) is 5.65 Å². The summed E-state index contributed by atoms with van der Waals surface area (Å²) in [6.45, 7) is 11.7. The van der Waals surface area contributed by atoms with E-state index in [0.29, 0.717) is 18.0 Å². The fraction of sp³-hybridized carbons (Fsp3) is 0.586. The van der Waals surface area contributed by atoms with Gasteiger partial charge in [-0.1, -0.05) is 37.6 Å². The lowest BCUT2D eigenvalue weighted by Gasteiger charge is -2.34. The highest BCUT2D eigenvalue weighted by atomic mass is 16.3. The van der Waals surface area contributed by atoms with Gasteiger partial charge < -0.3 is 20.3 Å². The summed E-state index contributed by atoms with van der Waals surface area (Å²) >= 11 is 0. The van der Waals surface area contributed by atoms with Crippen LogP contribution in [-0.4, -0.2) is 62.4 Å². The zero-order valence-corrected chi connectivity index (χ0v) is 22.1. The van der Waals surface area contributed by atoms with Crippen LogP contribution >= 0.6 is 0 Å². The van der Waals surface area contributed by atoms with E-state index in [4.69, 9.17) is 9.97 Å². The maximum absolute atomic E-state index is 10.5. The molecule has 3 aromatic rings. The van der Waals surface area contributed by atoms with Gasteiger partial charge in [0.05, 0.1) is 5.60 Å². The molecule has 0 amide bonds. The first-order valence-corrected chi connectivity index (χ1v) is 13.8.